The lowest BCUT2D eigenvalue weighted by atomic mass is 10.3. The van der Waals surface area contributed by atoms with Crippen molar-refractivity contribution in [3.63, 3.8) is 0 Å². The molecule has 2 amide bonds. The minimum atomic E-state index is -0.948. The van der Waals surface area contributed by atoms with Crippen LogP contribution < -0.4 is 10.6 Å². The fourth-order valence-electron chi connectivity index (χ4n) is 1.87. The van der Waals surface area contributed by atoms with Crippen LogP contribution in [0.5, 0.6) is 0 Å². The van der Waals surface area contributed by atoms with Crippen LogP contribution in [0.1, 0.15) is 55.7 Å². The molecule has 2 heterocycles. The molecule has 0 aliphatic carbocycles. The van der Waals surface area contributed by atoms with Crippen LogP contribution in [0.2, 0.25) is 0 Å². The summed E-state index contributed by atoms with van der Waals surface area (Å²) in [6, 6.07) is -0.370. The Balaban J connectivity index is 0. The van der Waals surface area contributed by atoms with E-state index in [1.54, 1.807) is 5.92 Å². The first-order valence-electron chi connectivity index (χ1n) is 10.9. The molecule has 2 aromatic heterocycles. The zero-order valence-corrected chi connectivity index (χ0v) is 20.7. The van der Waals surface area contributed by atoms with Crippen molar-refractivity contribution in [2.75, 3.05) is 26.6 Å². The second kappa shape index (κ2) is 24.9. The highest BCUT2D eigenvalue weighted by molar-refractivity contribution is 5.91. The lowest BCUT2D eigenvalue weighted by Gasteiger charge is -2.01. The molecule has 0 spiro atoms. The second-order valence-electron chi connectivity index (χ2n) is 6.43. The molecule has 0 atom stereocenters. The van der Waals surface area contributed by atoms with Gasteiger partial charge in [0.25, 0.3) is 5.91 Å². The Morgan fingerprint density at radius 2 is 1.70 bits per heavy atom. The molecule has 2 N–H and O–H groups in total. The molecule has 0 bridgehead atoms. The fraction of sp³-hybridized carbons (Fsp3) is 0.600. The number of rotatable bonds is 10. The molecule has 0 fully saturated rings. The van der Waals surface area contributed by atoms with Gasteiger partial charge in [0.15, 0.2) is 19.3 Å². The number of hydrogen-bond acceptors (Lipinski definition) is 7. The van der Waals surface area contributed by atoms with Gasteiger partial charge in [-0.05, 0) is 18.4 Å². The van der Waals surface area contributed by atoms with E-state index in [1.807, 2.05) is 13.8 Å². The molecular weight excluding hydrogens is 498 g/mol. The molecule has 0 saturated heterocycles. The van der Waals surface area contributed by atoms with E-state index in [2.05, 4.69) is 47.7 Å². The van der Waals surface area contributed by atoms with Gasteiger partial charge in [0, 0.05) is 18.0 Å². The van der Waals surface area contributed by atoms with Crippen molar-refractivity contribution in [2.45, 2.75) is 53.0 Å². The Morgan fingerprint density at radius 1 is 1.08 bits per heavy atom. The van der Waals surface area contributed by atoms with E-state index in [4.69, 9.17) is 5.53 Å². The lowest BCUT2D eigenvalue weighted by Crippen LogP contribution is -2.29. The van der Waals surface area contributed by atoms with Crippen LogP contribution in [-0.2, 0) is 13.5 Å². The van der Waals surface area contributed by atoms with Crippen molar-refractivity contribution in [1.29, 1.82) is 0 Å². The van der Waals surface area contributed by atoms with Gasteiger partial charge in [0.05, 0.1) is 12.4 Å². The van der Waals surface area contributed by atoms with Gasteiger partial charge in [-0.15, -0.1) is 16.6 Å². The van der Waals surface area contributed by atoms with Gasteiger partial charge in [-0.25, -0.2) is 27.0 Å². The van der Waals surface area contributed by atoms with Crippen molar-refractivity contribution in [1.82, 2.24) is 40.6 Å². The number of aromatic nitrogens is 6. The van der Waals surface area contributed by atoms with Gasteiger partial charge in [0.2, 0.25) is 0 Å². The second-order valence-corrected chi connectivity index (χ2v) is 6.43. The fourth-order valence-corrected chi connectivity index (χ4v) is 1.87. The predicted molar refractivity (Wildman–Crippen MR) is 127 cm³/mol. The smallest absolute Gasteiger partial charge is 0.343 e. The molecule has 13 nitrogen and oxygen atoms in total. The molecule has 17 heteroatoms. The predicted octanol–water partition coefficient (Wildman–Crippen LogP) is 3.65. The average Bonchev–Trinajstić information content (AvgIpc) is 3.60. The van der Waals surface area contributed by atoms with E-state index < -0.39 is 26.9 Å². The number of azide groups is 1. The molecule has 206 valence electrons. The summed E-state index contributed by atoms with van der Waals surface area (Å²) in [5.41, 5.74) is 7.60. The number of nitrogens with one attached hydrogen (secondary N) is 2. The summed E-state index contributed by atoms with van der Waals surface area (Å²) in [7, 11) is 0. The standard InChI is InChI=1S/2C8H13FN4O.C3H3F.CH2FN3/c1-2-3-4-10-8(14)7-5-13(6-9)12-11-7;1-2-3-4-10-8(14)13-6-7(5-9)11-12-13;1-2-3-4;2-1-4-5-3/h5H,2-4,6H2,1H3,(H,10,14);6H,2-5H2,1H3,(H,10,14);1H,3H2;1H2/i2*9-1;4-1;2-1. The van der Waals surface area contributed by atoms with Crippen LogP contribution in [0.15, 0.2) is 17.5 Å². The van der Waals surface area contributed by atoms with Crippen LogP contribution in [0.3, 0.4) is 0 Å². The van der Waals surface area contributed by atoms with Gasteiger partial charge in [-0.3, -0.25) is 4.79 Å². The maximum atomic E-state index is 12.1. The minimum Gasteiger partial charge on any atom is -0.351 e. The molecular formula is C20H31F4N11O2. The SMILES string of the molecule is C#CC[18F].CCCCNC(=O)c1cn(C[18F])nn1.CCCCNC(=O)n1cc(C[18F])nn1.[N-]=[N+]=NC[18F]. The third-order valence-corrected chi connectivity index (χ3v) is 3.60. The summed E-state index contributed by atoms with van der Waals surface area (Å²) >= 11 is 0. The molecule has 0 saturated carbocycles. The topological polar surface area (TPSA) is 168 Å². The van der Waals surface area contributed by atoms with Crippen LogP contribution in [0, 0.1) is 12.3 Å². The van der Waals surface area contributed by atoms with E-state index in [-0.39, 0.29) is 23.3 Å². The van der Waals surface area contributed by atoms with Crippen molar-refractivity contribution in [2.24, 2.45) is 5.11 Å². The zero-order valence-electron chi connectivity index (χ0n) is 20.7. The number of carbonyl (C=O) groups excluding carboxylic acids is 2. The molecule has 2 aromatic rings. The number of nitrogens with zero attached hydrogens (tertiary/aromatic N) is 9. The van der Waals surface area contributed by atoms with E-state index in [0.29, 0.717) is 13.1 Å². The molecule has 0 aliphatic heterocycles. The summed E-state index contributed by atoms with van der Waals surface area (Å²) in [6.45, 7) is 2.19. The Bertz CT molecular complexity index is 896. The van der Waals surface area contributed by atoms with E-state index in [9.17, 15) is 27.2 Å². The highest BCUT2D eigenvalue weighted by Crippen LogP contribution is 1.95. The van der Waals surface area contributed by atoms with Crippen LogP contribution in [0.25, 0.3) is 10.4 Å². The largest absolute Gasteiger partial charge is 0.351 e. The Labute approximate surface area is 211 Å². The zero-order chi connectivity index (χ0) is 28.3. The van der Waals surface area contributed by atoms with Gasteiger partial charge < -0.3 is 10.6 Å². The van der Waals surface area contributed by atoms with Crippen LogP contribution >= 0.6 is 0 Å². The van der Waals surface area contributed by atoms with Crippen molar-refractivity contribution in [3.8, 4) is 12.3 Å². The minimum absolute atomic E-state index is 0.152. The van der Waals surface area contributed by atoms with Crippen molar-refractivity contribution >= 4 is 11.9 Å². The number of halogens is 4. The number of unbranched alkanes of at least 4 members (excludes halogenated alkanes) is 2. The van der Waals surface area contributed by atoms with Gasteiger partial charge in [-0.2, -0.15) is 4.68 Å². The van der Waals surface area contributed by atoms with E-state index in [1.165, 1.54) is 12.4 Å². The summed E-state index contributed by atoms with van der Waals surface area (Å²) in [5, 5.41) is 21.7. The third kappa shape index (κ3) is 18.8. The summed E-state index contributed by atoms with van der Waals surface area (Å²) in [6.07, 6.45) is 10.8. The third-order valence-electron chi connectivity index (χ3n) is 3.60. The van der Waals surface area contributed by atoms with Crippen LogP contribution in [0.4, 0.5) is 22.4 Å². The van der Waals surface area contributed by atoms with Crippen molar-refractivity contribution in [3.05, 3.63) is 34.2 Å². The Kier molecular flexibility index (Phi) is 23.6. The Morgan fingerprint density at radius 3 is 2.11 bits per heavy atom. The molecule has 0 aliphatic rings. The number of alkyl halides is 4. The first-order valence-corrected chi connectivity index (χ1v) is 10.9. The Hall–Kier alpha value is -4.19. The maximum Gasteiger partial charge on any atom is 0.343 e. The highest BCUT2D eigenvalue weighted by Gasteiger charge is 2.09. The normalized spacial score (nSPS) is 9.00. The molecule has 0 unspecified atom stereocenters. The number of carbonyl (C=O) groups is 2. The number of hydrogen-bond donors (Lipinski definition) is 2. The number of amides is 2. The summed E-state index contributed by atoms with van der Waals surface area (Å²) in [5.74, 6) is 1.46. The lowest BCUT2D eigenvalue weighted by molar-refractivity contribution is 0.0948. The monoisotopic (exact) mass is 529 g/mol. The molecule has 0 radical (unpaired) electrons. The molecule has 37 heavy (non-hydrogen) atoms. The molecule has 2 rings (SSSR count). The van der Waals surface area contributed by atoms with Gasteiger partial charge >= 0.3 is 6.03 Å². The quantitative estimate of drug-likeness (QED) is 0.0905. The van der Waals surface area contributed by atoms with Gasteiger partial charge in [-0.1, -0.05) is 48.2 Å². The molecule has 0 aromatic carbocycles. The van der Waals surface area contributed by atoms with E-state index in [0.717, 1.165) is 35.0 Å². The first-order chi connectivity index (χ1) is 17.9. The maximum absolute atomic E-state index is 12.1. The van der Waals surface area contributed by atoms with Crippen LogP contribution in [-0.4, -0.2) is 68.5 Å². The highest BCUT2D eigenvalue weighted by atomic mass is 18.2. The first kappa shape index (κ1) is 35.0. The van der Waals surface area contributed by atoms with E-state index >= 15 is 0 Å². The van der Waals surface area contributed by atoms with Crippen molar-refractivity contribution < 1.29 is 27.2 Å². The average molecular weight is 530 g/mol. The number of terminal acetylenes is 1. The van der Waals surface area contributed by atoms with Gasteiger partial charge in [0.1, 0.15) is 19.0 Å². The summed E-state index contributed by atoms with van der Waals surface area (Å²) in [4.78, 5) is 24.7. The summed E-state index contributed by atoms with van der Waals surface area (Å²) < 4.78 is 47.1.